The van der Waals surface area contributed by atoms with Crippen molar-refractivity contribution < 1.29 is 0 Å². The Morgan fingerprint density at radius 1 is 0.270 bits per heavy atom. The van der Waals surface area contributed by atoms with E-state index in [1.165, 1.54) is 71.8 Å². The topological polar surface area (TPSA) is 25.8 Å². The molecule has 10 aromatic carbocycles. The first-order valence-corrected chi connectivity index (χ1v) is 21.6. The Balaban J connectivity index is 0.962. The molecule has 0 saturated carbocycles. The van der Waals surface area contributed by atoms with Crippen LogP contribution in [-0.4, -0.2) is 9.97 Å². The first-order chi connectivity index (χ1) is 31.2. The molecule has 0 fully saturated rings. The SMILES string of the molecule is c1ccc(-c2cc(-c3ccc(-c4ccc(-c5ccc6c(c5)-c5cc7ccccc7cc5C6(c5ccccc5)c5ccccc5)cc4)c4ccccc34)nc(-c3ccccc3)n2)cc1. The Morgan fingerprint density at radius 3 is 1.43 bits per heavy atom. The lowest BCUT2D eigenvalue weighted by Gasteiger charge is -2.34. The summed E-state index contributed by atoms with van der Waals surface area (Å²) < 4.78 is 0. The number of benzene rings is 10. The molecule has 0 spiro atoms. The average Bonchev–Trinajstić information content (AvgIpc) is 3.65. The number of aromatic nitrogens is 2. The molecule has 2 nitrogen and oxygen atoms in total. The molecule has 1 heterocycles. The summed E-state index contributed by atoms with van der Waals surface area (Å²) in [6, 6.07) is 87.8. The second-order valence-corrected chi connectivity index (χ2v) is 16.5. The van der Waals surface area contributed by atoms with Gasteiger partial charge in [0.2, 0.25) is 0 Å². The highest BCUT2D eigenvalue weighted by atomic mass is 14.9. The molecule has 1 aliphatic rings. The average molecular weight is 801 g/mol. The van der Waals surface area contributed by atoms with E-state index in [9.17, 15) is 0 Å². The Hall–Kier alpha value is -8.20. The van der Waals surface area contributed by atoms with Gasteiger partial charge in [-0.3, -0.25) is 0 Å². The van der Waals surface area contributed by atoms with Crippen molar-refractivity contribution in [2.75, 3.05) is 0 Å². The van der Waals surface area contributed by atoms with Gasteiger partial charge in [-0.15, -0.1) is 0 Å². The van der Waals surface area contributed by atoms with Crippen LogP contribution in [0.25, 0.3) is 88.8 Å². The Kier molecular flexibility index (Phi) is 8.76. The fourth-order valence-corrected chi connectivity index (χ4v) is 10.0. The number of nitrogens with zero attached hydrogens (tertiary/aromatic N) is 2. The maximum atomic E-state index is 5.18. The highest BCUT2D eigenvalue weighted by molar-refractivity contribution is 6.05. The minimum Gasteiger partial charge on any atom is -0.228 e. The Morgan fingerprint density at radius 2 is 0.762 bits per heavy atom. The van der Waals surface area contributed by atoms with Crippen LogP contribution < -0.4 is 0 Å². The first-order valence-electron chi connectivity index (χ1n) is 21.6. The van der Waals surface area contributed by atoms with E-state index in [1.54, 1.807) is 0 Å². The van der Waals surface area contributed by atoms with E-state index >= 15 is 0 Å². The zero-order chi connectivity index (χ0) is 41.7. The number of hydrogen-bond donors (Lipinski definition) is 0. The molecule has 0 unspecified atom stereocenters. The molecule has 0 amide bonds. The minimum absolute atomic E-state index is 0.454. The quantitative estimate of drug-likeness (QED) is 0.160. The van der Waals surface area contributed by atoms with Gasteiger partial charge in [-0.05, 0) is 101 Å². The fourth-order valence-electron chi connectivity index (χ4n) is 10.0. The summed E-state index contributed by atoms with van der Waals surface area (Å²) >= 11 is 0. The van der Waals surface area contributed by atoms with Crippen LogP contribution in [-0.2, 0) is 5.41 Å². The van der Waals surface area contributed by atoms with E-state index < -0.39 is 5.41 Å². The molecular weight excluding hydrogens is 761 g/mol. The summed E-state index contributed by atoms with van der Waals surface area (Å²) in [4.78, 5) is 10.2. The van der Waals surface area contributed by atoms with Crippen LogP contribution in [0.15, 0.2) is 243 Å². The van der Waals surface area contributed by atoms with Crippen LogP contribution in [0.3, 0.4) is 0 Å². The van der Waals surface area contributed by atoms with Gasteiger partial charge in [0.05, 0.1) is 16.8 Å². The highest BCUT2D eigenvalue weighted by Gasteiger charge is 2.46. The van der Waals surface area contributed by atoms with E-state index in [1.807, 2.05) is 24.3 Å². The zero-order valence-corrected chi connectivity index (χ0v) is 34.5. The van der Waals surface area contributed by atoms with Crippen molar-refractivity contribution in [2.45, 2.75) is 5.41 Å². The second kappa shape index (κ2) is 15.1. The summed E-state index contributed by atoms with van der Waals surface area (Å²) in [6.07, 6.45) is 0. The smallest absolute Gasteiger partial charge is 0.160 e. The third-order valence-corrected chi connectivity index (χ3v) is 13.0. The molecule has 0 aliphatic heterocycles. The van der Waals surface area contributed by atoms with E-state index in [0.29, 0.717) is 5.82 Å². The third-order valence-electron chi connectivity index (χ3n) is 13.0. The van der Waals surface area contributed by atoms with Crippen molar-refractivity contribution in [3.63, 3.8) is 0 Å². The van der Waals surface area contributed by atoms with Gasteiger partial charge in [0, 0.05) is 16.7 Å². The van der Waals surface area contributed by atoms with Crippen LogP contribution in [0.5, 0.6) is 0 Å². The monoisotopic (exact) mass is 800 g/mol. The predicted molar refractivity (Wildman–Crippen MR) is 262 cm³/mol. The summed E-state index contributed by atoms with van der Waals surface area (Å²) in [6.45, 7) is 0. The highest BCUT2D eigenvalue weighted by Crippen LogP contribution is 2.57. The molecular formula is C61H40N2. The van der Waals surface area contributed by atoms with Gasteiger partial charge in [0.1, 0.15) is 0 Å². The molecule has 11 aromatic rings. The molecule has 0 N–H and O–H groups in total. The second-order valence-electron chi connectivity index (χ2n) is 16.5. The molecule has 0 bridgehead atoms. The standard InChI is InChI=1S/C61H40N2/c1-5-17-43(18-6-1)58-40-59(63-60(62-58)44-19-7-2-8-20-44)53-35-34-50(51-27-15-16-28-52(51)53)42-31-29-41(30-32-42)47-33-36-56-54(38-47)55-37-45-21-13-14-22-46(45)39-57(55)61(56,48-23-9-3-10-24-48)49-25-11-4-12-26-49/h1-40H. The van der Waals surface area contributed by atoms with Crippen LogP contribution in [0, 0.1) is 0 Å². The molecule has 12 rings (SSSR count). The fraction of sp³-hybridized carbons (Fsp3) is 0.0164. The molecule has 0 atom stereocenters. The molecule has 1 aliphatic carbocycles. The maximum absolute atomic E-state index is 5.18. The van der Waals surface area contributed by atoms with Crippen LogP contribution >= 0.6 is 0 Å². The van der Waals surface area contributed by atoms with Crippen molar-refractivity contribution in [2.24, 2.45) is 0 Å². The van der Waals surface area contributed by atoms with E-state index in [-0.39, 0.29) is 0 Å². The van der Waals surface area contributed by atoms with Gasteiger partial charge in [0.25, 0.3) is 0 Å². The first kappa shape index (κ1) is 36.6. The van der Waals surface area contributed by atoms with Gasteiger partial charge in [-0.25, -0.2) is 9.97 Å². The van der Waals surface area contributed by atoms with Gasteiger partial charge < -0.3 is 0 Å². The summed E-state index contributed by atoms with van der Waals surface area (Å²) in [5, 5.41) is 4.84. The summed E-state index contributed by atoms with van der Waals surface area (Å²) in [5.41, 5.74) is 17.0. The van der Waals surface area contributed by atoms with Gasteiger partial charge >= 0.3 is 0 Å². The Bertz CT molecular complexity index is 3370. The number of fused-ring (bicyclic) bond motifs is 5. The largest absolute Gasteiger partial charge is 0.228 e. The lowest BCUT2D eigenvalue weighted by Crippen LogP contribution is -2.28. The van der Waals surface area contributed by atoms with Gasteiger partial charge in [-0.2, -0.15) is 0 Å². The van der Waals surface area contributed by atoms with Crippen LogP contribution in [0.1, 0.15) is 22.3 Å². The van der Waals surface area contributed by atoms with Gasteiger partial charge in [-0.1, -0.05) is 218 Å². The maximum Gasteiger partial charge on any atom is 0.160 e. The number of hydrogen-bond acceptors (Lipinski definition) is 2. The van der Waals surface area contributed by atoms with E-state index in [2.05, 4.69) is 218 Å². The predicted octanol–water partition coefficient (Wildman–Crippen LogP) is 15.5. The number of rotatable bonds is 7. The summed E-state index contributed by atoms with van der Waals surface area (Å²) in [5.74, 6) is 0.713. The van der Waals surface area contributed by atoms with Gasteiger partial charge in [0.15, 0.2) is 5.82 Å². The zero-order valence-electron chi connectivity index (χ0n) is 34.5. The molecule has 294 valence electrons. The lowest BCUT2D eigenvalue weighted by atomic mass is 9.67. The van der Waals surface area contributed by atoms with Crippen molar-refractivity contribution in [3.05, 3.63) is 265 Å². The molecule has 0 radical (unpaired) electrons. The third kappa shape index (κ3) is 6.10. The van der Waals surface area contributed by atoms with E-state index in [4.69, 9.17) is 9.97 Å². The molecule has 0 saturated heterocycles. The minimum atomic E-state index is -0.454. The van der Waals surface area contributed by atoms with Crippen molar-refractivity contribution in [3.8, 4) is 67.3 Å². The molecule has 1 aromatic heterocycles. The van der Waals surface area contributed by atoms with Crippen molar-refractivity contribution in [1.82, 2.24) is 9.97 Å². The van der Waals surface area contributed by atoms with Crippen LogP contribution in [0.4, 0.5) is 0 Å². The van der Waals surface area contributed by atoms with Crippen LogP contribution in [0.2, 0.25) is 0 Å². The van der Waals surface area contributed by atoms with Crippen molar-refractivity contribution >= 4 is 21.5 Å². The van der Waals surface area contributed by atoms with Crippen molar-refractivity contribution in [1.29, 1.82) is 0 Å². The molecule has 2 heteroatoms. The summed E-state index contributed by atoms with van der Waals surface area (Å²) in [7, 11) is 0. The normalized spacial score (nSPS) is 12.6. The lowest BCUT2D eigenvalue weighted by molar-refractivity contribution is 0.769. The molecule has 63 heavy (non-hydrogen) atoms. The van der Waals surface area contributed by atoms with E-state index in [0.717, 1.165) is 33.5 Å². The Labute approximate surface area is 367 Å².